The minimum absolute atomic E-state index is 0.000622. The molecule has 1 N–H and O–H groups in total. The number of nitrogens with zero attached hydrogens (tertiary/aromatic N) is 5. The van der Waals surface area contributed by atoms with Gasteiger partial charge in [-0.1, -0.05) is 6.08 Å². The average molecular weight is 314 g/mol. The minimum atomic E-state index is -0.000622. The van der Waals surface area contributed by atoms with Crippen LogP contribution in [-0.4, -0.2) is 50.0 Å². The lowest BCUT2D eigenvalue weighted by Gasteiger charge is -2.25. The van der Waals surface area contributed by atoms with E-state index < -0.39 is 0 Å². The van der Waals surface area contributed by atoms with E-state index in [1.54, 1.807) is 4.68 Å². The third-order valence-electron chi connectivity index (χ3n) is 4.02. The summed E-state index contributed by atoms with van der Waals surface area (Å²) < 4.78 is 3.51. The van der Waals surface area contributed by atoms with E-state index in [1.807, 2.05) is 44.3 Å². The highest BCUT2D eigenvalue weighted by atomic mass is 16.2. The zero-order valence-corrected chi connectivity index (χ0v) is 13.8. The minimum Gasteiger partial charge on any atom is -0.322 e. The fourth-order valence-electron chi connectivity index (χ4n) is 2.82. The zero-order valence-electron chi connectivity index (χ0n) is 13.8. The Morgan fingerprint density at radius 2 is 2.13 bits per heavy atom. The Kier molecular flexibility index (Phi) is 4.29. The summed E-state index contributed by atoms with van der Waals surface area (Å²) >= 11 is 0. The van der Waals surface area contributed by atoms with Crippen LogP contribution in [0.4, 0.5) is 5.69 Å². The SMILES string of the molecule is Cc1nn(C)cc1NC(=O)CN1CC=C(c2cnn(C)c2)CC1. The lowest BCUT2D eigenvalue weighted by Crippen LogP contribution is -2.36. The van der Waals surface area contributed by atoms with Crippen LogP contribution in [0.3, 0.4) is 0 Å². The van der Waals surface area contributed by atoms with Gasteiger partial charge in [-0.05, 0) is 18.9 Å². The molecule has 0 saturated heterocycles. The predicted molar refractivity (Wildman–Crippen MR) is 88.8 cm³/mol. The number of carbonyl (C=O) groups is 1. The van der Waals surface area contributed by atoms with Crippen molar-refractivity contribution in [1.29, 1.82) is 0 Å². The van der Waals surface area contributed by atoms with Crippen LogP contribution in [0.5, 0.6) is 0 Å². The molecule has 122 valence electrons. The van der Waals surface area contributed by atoms with Crippen LogP contribution in [0.25, 0.3) is 5.57 Å². The van der Waals surface area contributed by atoms with Crippen LogP contribution in [0, 0.1) is 6.92 Å². The monoisotopic (exact) mass is 314 g/mol. The molecule has 1 amide bonds. The second-order valence-corrected chi connectivity index (χ2v) is 5.97. The van der Waals surface area contributed by atoms with Crippen molar-refractivity contribution in [2.24, 2.45) is 14.1 Å². The first-order chi connectivity index (χ1) is 11.0. The third-order valence-corrected chi connectivity index (χ3v) is 4.02. The summed E-state index contributed by atoms with van der Waals surface area (Å²) in [6.45, 7) is 3.94. The molecule has 0 fully saturated rings. The second-order valence-electron chi connectivity index (χ2n) is 5.97. The number of aryl methyl sites for hydroxylation is 3. The van der Waals surface area contributed by atoms with Gasteiger partial charge in [-0.15, -0.1) is 0 Å². The number of carbonyl (C=O) groups excluding carboxylic acids is 1. The van der Waals surface area contributed by atoms with Gasteiger partial charge in [0.1, 0.15) is 0 Å². The van der Waals surface area contributed by atoms with Crippen molar-refractivity contribution in [1.82, 2.24) is 24.5 Å². The summed E-state index contributed by atoms with van der Waals surface area (Å²) in [4.78, 5) is 14.3. The third kappa shape index (κ3) is 3.68. The molecule has 0 aliphatic carbocycles. The Labute approximate surface area is 135 Å². The zero-order chi connectivity index (χ0) is 16.4. The topological polar surface area (TPSA) is 68.0 Å². The molecule has 1 aliphatic heterocycles. The molecule has 3 rings (SSSR count). The van der Waals surface area contributed by atoms with Gasteiger partial charge >= 0.3 is 0 Å². The number of aromatic nitrogens is 4. The van der Waals surface area contributed by atoms with E-state index in [1.165, 1.54) is 11.1 Å². The molecule has 0 bridgehead atoms. The van der Waals surface area contributed by atoms with Gasteiger partial charge in [0.15, 0.2) is 0 Å². The van der Waals surface area contributed by atoms with Crippen LogP contribution in [0.2, 0.25) is 0 Å². The lowest BCUT2D eigenvalue weighted by atomic mass is 10.0. The molecule has 1 aliphatic rings. The standard InChI is InChI=1S/C16H22N6O/c1-12-15(10-21(3)19-12)18-16(23)11-22-6-4-13(5-7-22)14-8-17-20(2)9-14/h4,8-10H,5-7,11H2,1-3H3,(H,18,23). The van der Waals surface area contributed by atoms with Crippen LogP contribution < -0.4 is 5.32 Å². The number of nitrogens with one attached hydrogen (secondary N) is 1. The van der Waals surface area contributed by atoms with Crippen LogP contribution in [0.15, 0.2) is 24.7 Å². The number of anilines is 1. The van der Waals surface area contributed by atoms with Crippen molar-refractivity contribution in [3.63, 3.8) is 0 Å². The Balaban J connectivity index is 1.55. The van der Waals surface area contributed by atoms with E-state index >= 15 is 0 Å². The molecular formula is C16H22N6O. The highest BCUT2D eigenvalue weighted by Gasteiger charge is 2.17. The van der Waals surface area contributed by atoms with E-state index in [0.717, 1.165) is 30.9 Å². The Bertz CT molecular complexity index is 742. The first-order valence-electron chi connectivity index (χ1n) is 7.72. The van der Waals surface area contributed by atoms with Gasteiger partial charge in [-0.25, -0.2) is 0 Å². The molecule has 0 spiro atoms. The molecule has 7 heteroatoms. The van der Waals surface area contributed by atoms with Gasteiger partial charge in [0.05, 0.1) is 24.1 Å². The van der Waals surface area contributed by atoms with Crippen molar-refractivity contribution in [3.8, 4) is 0 Å². The van der Waals surface area contributed by atoms with Gasteiger partial charge in [0, 0.05) is 45.1 Å². The summed E-state index contributed by atoms with van der Waals surface area (Å²) in [7, 11) is 3.77. The van der Waals surface area contributed by atoms with E-state index in [2.05, 4.69) is 26.5 Å². The fraction of sp³-hybridized carbons (Fsp3) is 0.438. The highest BCUT2D eigenvalue weighted by molar-refractivity contribution is 5.92. The first-order valence-corrected chi connectivity index (χ1v) is 7.72. The van der Waals surface area contributed by atoms with Gasteiger partial charge in [-0.3, -0.25) is 19.1 Å². The number of rotatable bonds is 4. The Hall–Kier alpha value is -2.41. The van der Waals surface area contributed by atoms with Crippen molar-refractivity contribution in [3.05, 3.63) is 35.9 Å². The molecule has 0 radical (unpaired) electrons. The molecule has 7 nitrogen and oxygen atoms in total. The molecule has 23 heavy (non-hydrogen) atoms. The van der Waals surface area contributed by atoms with Crippen molar-refractivity contribution < 1.29 is 4.79 Å². The molecular weight excluding hydrogens is 292 g/mol. The number of amides is 1. The normalized spacial score (nSPS) is 15.5. The maximum Gasteiger partial charge on any atom is 0.238 e. The average Bonchev–Trinajstić information content (AvgIpc) is 3.06. The maximum absolute atomic E-state index is 12.2. The van der Waals surface area contributed by atoms with E-state index in [9.17, 15) is 4.79 Å². The first kappa shape index (κ1) is 15.5. The maximum atomic E-state index is 12.2. The molecule has 0 aromatic carbocycles. The Morgan fingerprint density at radius 3 is 2.70 bits per heavy atom. The summed E-state index contributed by atoms with van der Waals surface area (Å²) in [5, 5.41) is 11.4. The van der Waals surface area contributed by atoms with E-state index in [0.29, 0.717) is 6.54 Å². The Morgan fingerprint density at radius 1 is 1.30 bits per heavy atom. The number of hydrogen-bond acceptors (Lipinski definition) is 4. The van der Waals surface area contributed by atoms with Gasteiger partial charge in [0.25, 0.3) is 0 Å². The molecule has 2 aromatic rings. The van der Waals surface area contributed by atoms with Gasteiger partial charge < -0.3 is 5.32 Å². The largest absolute Gasteiger partial charge is 0.322 e. The fourth-order valence-corrected chi connectivity index (χ4v) is 2.82. The summed E-state index contributed by atoms with van der Waals surface area (Å²) in [6.07, 6.45) is 8.86. The molecule has 0 atom stereocenters. The smallest absolute Gasteiger partial charge is 0.238 e. The predicted octanol–water partition coefficient (Wildman–Crippen LogP) is 1.19. The quantitative estimate of drug-likeness (QED) is 0.920. The highest BCUT2D eigenvalue weighted by Crippen LogP contribution is 2.21. The van der Waals surface area contributed by atoms with Gasteiger partial charge in [0.2, 0.25) is 5.91 Å². The van der Waals surface area contributed by atoms with Crippen molar-refractivity contribution >= 4 is 17.2 Å². The second kappa shape index (κ2) is 6.37. The number of hydrogen-bond donors (Lipinski definition) is 1. The van der Waals surface area contributed by atoms with Crippen molar-refractivity contribution in [2.75, 3.05) is 25.0 Å². The van der Waals surface area contributed by atoms with Crippen LogP contribution in [0.1, 0.15) is 17.7 Å². The molecule has 2 aromatic heterocycles. The van der Waals surface area contributed by atoms with Crippen molar-refractivity contribution in [2.45, 2.75) is 13.3 Å². The van der Waals surface area contributed by atoms with Gasteiger partial charge in [-0.2, -0.15) is 10.2 Å². The van der Waals surface area contributed by atoms with Crippen LogP contribution in [-0.2, 0) is 18.9 Å². The summed E-state index contributed by atoms with van der Waals surface area (Å²) in [6, 6.07) is 0. The summed E-state index contributed by atoms with van der Waals surface area (Å²) in [5.74, 6) is -0.000622. The molecule has 0 unspecified atom stereocenters. The van der Waals surface area contributed by atoms with E-state index in [4.69, 9.17) is 0 Å². The lowest BCUT2D eigenvalue weighted by molar-refractivity contribution is -0.117. The molecule has 0 saturated carbocycles. The summed E-state index contributed by atoms with van der Waals surface area (Å²) in [5.41, 5.74) is 4.08. The molecule has 3 heterocycles. The van der Waals surface area contributed by atoms with Crippen LogP contribution >= 0.6 is 0 Å². The van der Waals surface area contributed by atoms with E-state index in [-0.39, 0.29) is 5.91 Å².